The molecule has 119 heavy (non-hydrogen) atoms. The zero-order valence-corrected chi connectivity index (χ0v) is 74.5. The van der Waals surface area contributed by atoms with E-state index in [1.165, 1.54) is 85.8 Å². The fourth-order valence-corrected chi connectivity index (χ4v) is 18.9. The van der Waals surface area contributed by atoms with E-state index < -0.39 is 107 Å². The molecule has 3 fully saturated rings. The number of ketones is 2. The molecule has 31 nitrogen and oxygen atoms in total. The van der Waals surface area contributed by atoms with E-state index in [1.807, 2.05) is 51.1 Å². The number of thioether (sulfide) groups is 3. The summed E-state index contributed by atoms with van der Waals surface area (Å²) in [6.07, 6.45) is 9.04. The topological polar surface area (TPSA) is 410 Å². The second kappa shape index (κ2) is 58.9. The number of amides is 5. The number of nitrogens with one attached hydrogen (secondary N) is 5. The van der Waals surface area contributed by atoms with Gasteiger partial charge in [-0.25, -0.2) is 0 Å². The molecular weight excluding hydrogens is 1600 g/mol. The molecule has 34 heteroatoms. The summed E-state index contributed by atoms with van der Waals surface area (Å²) in [4.78, 5) is 175. The summed E-state index contributed by atoms with van der Waals surface area (Å²) in [5.74, 6) is -3.92. The number of ether oxygens (including phenoxy) is 12. The van der Waals surface area contributed by atoms with Gasteiger partial charge in [0.05, 0.1) is 58.3 Å². The summed E-state index contributed by atoms with van der Waals surface area (Å²) >= 11 is 4.77. The maximum Gasteiger partial charge on any atom is 0.306 e. The fourth-order valence-electron chi connectivity index (χ4n) is 14.6. The summed E-state index contributed by atoms with van der Waals surface area (Å²) in [7, 11) is 0. The Morgan fingerprint density at radius 1 is 0.412 bits per heavy atom. The Labute approximate surface area is 715 Å². The average molecular weight is 1740 g/mol. The van der Waals surface area contributed by atoms with Gasteiger partial charge < -0.3 is 83.4 Å². The fraction of sp³-hybridized carbons (Fsp3) is 0.765. The monoisotopic (exact) mass is 1740 g/mol. The van der Waals surface area contributed by atoms with Crippen molar-refractivity contribution in [2.45, 2.75) is 308 Å². The number of esters is 7. The molecule has 2 aliphatic heterocycles. The van der Waals surface area contributed by atoms with E-state index >= 15 is 0 Å². The Hall–Kier alpha value is -6.95. The smallest absolute Gasteiger partial charge is 0.306 e. The van der Waals surface area contributed by atoms with Gasteiger partial charge in [-0.15, -0.1) is 23.5 Å². The SMILES string of the molecule is CC(=O)NC1C(SCCCCCCCC(=O)CCOCC(COCCC(=O)CCCCCCCSC2OC(COC(C)=O)C(OC(C)=O)C(C)C2NC(C)=O)(COCCC(=O)NCCCCCCSC2OC(COC(C)=O)C(OC(C)=O)C(C)C2NC(C)=O)NC(=O)CCCC(=O)OCc2ccccc2)CC(COC(C)=O)C(OC(C)=O)C1C. The van der Waals surface area contributed by atoms with Gasteiger partial charge in [-0.3, -0.25) is 67.1 Å². The van der Waals surface area contributed by atoms with Crippen LogP contribution in [0.1, 0.15) is 236 Å². The number of Topliss-reactive ketones (excluding diaryl/α,β-unsaturated/α-hetero) is 2. The molecule has 4 rings (SSSR count). The first kappa shape index (κ1) is 104. The van der Waals surface area contributed by atoms with Crippen molar-refractivity contribution in [3.05, 3.63) is 35.9 Å². The molecule has 0 bridgehead atoms. The second-order valence-electron chi connectivity index (χ2n) is 31.2. The third-order valence-electron chi connectivity index (χ3n) is 20.6. The Morgan fingerprint density at radius 2 is 0.824 bits per heavy atom. The highest BCUT2D eigenvalue weighted by Crippen LogP contribution is 2.40. The maximum absolute atomic E-state index is 14.1. The quantitative estimate of drug-likeness (QED) is 0.0230. The molecule has 5 amide bonds. The molecule has 2 saturated heterocycles. The van der Waals surface area contributed by atoms with E-state index in [1.54, 1.807) is 11.8 Å². The van der Waals surface area contributed by atoms with E-state index in [2.05, 4.69) is 26.6 Å². The molecule has 1 aromatic rings. The van der Waals surface area contributed by atoms with Gasteiger partial charge in [0.1, 0.15) is 78.3 Å². The lowest BCUT2D eigenvalue weighted by Crippen LogP contribution is -2.60. The highest BCUT2D eigenvalue weighted by Gasteiger charge is 2.49. The Bertz CT molecular complexity index is 3020. The third kappa shape index (κ3) is 44.1. The van der Waals surface area contributed by atoms with Crippen LogP contribution in [0, 0.1) is 23.7 Å². The molecule has 2 heterocycles. The Kier molecular flexibility index (Phi) is 51.7. The summed E-state index contributed by atoms with van der Waals surface area (Å²) in [5.41, 5.74) is -1.60. The van der Waals surface area contributed by atoms with Crippen molar-refractivity contribution in [1.29, 1.82) is 0 Å². The molecule has 1 saturated carbocycles. The molecule has 3 aliphatic rings. The van der Waals surface area contributed by atoms with E-state index in [4.69, 9.17) is 56.8 Å². The molecule has 5 N–H and O–H groups in total. The van der Waals surface area contributed by atoms with Crippen molar-refractivity contribution in [1.82, 2.24) is 26.6 Å². The van der Waals surface area contributed by atoms with Gasteiger partial charge in [0, 0.05) is 149 Å². The predicted octanol–water partition coefficient (Wildman–Crippen LogP) is 9.42. The van der Waals surface area contributed by atoms with Gasteiger partial charge >= 0.3 is 41.8 Å². The van der Waals surface area contributed by atoms with Crippen LogP contribution in [0.25, 0.3) is 0 Å². The number of rotatable bonds is 60. The van der Waals surface area contributed by atoms with Crippen LogP contribution in [-0.4, -0.2) is 236 Å². The third-order valence-corrected chi connectivity index (χ3v) is 24.5. The van der Waals surface area contributed by atoms with Crippen LogP contribution in [0.5, 0.6) is 0 Å². The number of carbonyl (C=O) groups excluding carboxylic acids is 14. The van der Waals surface area contributed by atoms with Gasteiger partial charge in [0.25, 0.3) is 0 Å². The summed E-state index contributed by atoms with van der Waals surface area (Å²) < 4.78 is 69.6. The van der Waals surface area contributed by atoms with Crippen molar-refractivity contribution in [2.75, 3.05) is 83.3 Å². The molecule has 0 radical (unpaired) electrons. The molecule has 1 aromatic carbocycles. The minimum absolute atomic E-state index is 0.000347. The van der Waals surface area contributed by atoms with Crippen molar-refractivity contribution in [2.24, 2.45) is 23.7 Å². The van der Waals surface area contributed by atoms with Gasteiger partial charge in [-0.05, 0) is 74.2 Å². The highest BCUT2D eigenvalue weighted by molar-refractivity contribution is 8.00. The molecule has 1 aliphatic carbocycles. The van der Waals surface area contributed by atoms with Crippen LogP contribution in [0.15, 0.2) is 30.3 Å². The molecule has 674 valence electrons. The predicted molar refractivity (Wildman–Crippen MR) is 448 cm³/mol. The van der Waals surface area contributed by atoms with Crippen molar-refractivity contribution in [3.63, 3.8) is 0 Å². The van der Waals surface area contributed by atoms with Crippen LogP contribution in [-0.2, 0) is 131 Å². The zero-order valence-electron chi connectivity index (χ0n) is 72.0. The van der Waals surface area contributed by atoms with E-state index in [0.29, 0.717) is 56.6 Å². The van der Waals surface area contributed by atoms with Gasteiger partial charge in [0.15, 0.2) is 0 Å². The van der Waals surface area contributed by atoms with Crippen molar-refractivity contribution >= 4 is 118 Å². The lowest BCUT2D eigenvalue weighted by atomic mass is 9.76. The Balaban J connectivity index is 1.36. The van der Waals surface area contributed by atoms with E-state index in [-0.39, 0.29) is 175 Å². The minimum Gasteiger partial charge on any atom is -0.465 e. The first-order valence-corrected chi connectivity index (χ1v) is 45.3. The van der Waals surface area contributed by atoms with Crippen molar-refractivity contribution < 1.29 is 124 Å². The number of carbonyl (C=O) groups is 14. The normalized spacial score (nSPS) is 23.2. The van der Waals surface area contributed by atoms with E-state index in [0.717, 1.165) is 81.9 Å². The summed E-state index contributed by atoms with van der Waals surface area (Å²) in [6.45, 7) is 17.4. The van der Waals surface area contributed by atoms with Crippen LogP contribution in [0.3, 0.4) is 0 Å². The molecule has 16 unspecified atom stereocenters. The molecule has 0 spiro atoms. The van der Waals surface area contributed by atoms with Crippen molar-refractivity contribution in [3.8, 4) is 0 Å². The summed E-state index contributed by atoms with van der Waals surface area (Å²) in [6, 6.07) is 7.96. The first-order chi connectivity index (χ1) is 56.8. The van der Waals surface area contributed by atoms with Gasteiger partial charge in [0.2, 0.25) is 29.5 Å². The van der Waals surface area contributed by atoms with Crippen LogP contribution in [0.4, 0.5) is 0 Å². The molecule has 16 atom stereocenters. The lowest BCUT2D eigenvalue weighted by Gasteiger charge is -2.45. The molecular formula is C85H135N5O26S3. The van der Waals surface area contributed by atoms with Gasteiger partial charge in [-0.1, -0.05) is 102 Å². The highest BCUT2D eigenvalue weighted by atomic mass is 32.2. The molecule has 0 aromatic heterocycles. The number of benzene rings is 1. The number of hydrogen-bond acceptors (Lipinski definition) is 29. The average Bonchev–Trinajstić information content (AvgIpc) is 0.807. The van der Waals surface area contributed by atoms with Gasteiger partial charge in [-0.2, -0.15) is 11.8 Å². The number of hydrogen-bond donors (Lipinski definition) is 5. The first-order valence-electron chi connectivity index (χ1n) is 42.2. The largest absolute Gasteiger partial charge is 0.465 e. The zero-order chi connectivity index (χ0) is 87.7. The van der Waals surface area contributed by atoms with E-state index in [9.17, 15) is 67.1 Å². The van der Waals surface area contributed by atoms with Crippen LogP contribution < -0.4 is 26.6 Å². The second-order valence-corrected chi connectivity index (χ2v) is 35.0. The van der Waals surface area contributed by atoms with Crippen LogP contribution >= 0.6 is 35.3 Å². The standard InChI is InChI=1S/C85H135N5O26S3/c1-55-77(87-58(4)91)73(47-68(49-108-61(7)94)80(55)112-64(10)97)117-44-27-18-13-15-24-33-69(100)37-41-105-52-85(90-75(103)35-30-36-76(104)111-48-67-31-22-21-23-32-67,53-106-42-38-70(101)34-25-16-14-19-28-45-118-83-78(88-59(5)92)56(2)81(113-65(11)98)71(115-83)50-109-62(8)95)54-107-43-39-74(102)86-40-26-17-20-29-46-119-84-79(89-60(6)93)57(3)82(114-66(12)99)72(116-84)51-110-63(9)96/h21-23,31-32,55-57,68,71-73,77-84H,13-20,24-30,33-54H2,1-12H3,(H,86,102)(H,87,91)(H,88,92)(H,89,93)(H,90,103). The maximum atomic E-state index is 14.1. The Morgan fingerprint density at radius 3 is 1.29 bits per heavy atom. The van der Waals surface area contributed by atoms with Crippen LogP contribution in [0.2, 0.25) is 0 Å². The number of unbranched alkanes of at least 4 members (excludes halogenated alkanes) is 11. The minimum atomic E-state index is -1.39. The summed E-state index contributed by atoms with van der Waals surface area (Å²) in [5, 5.41) is 15.0. The lowest BCUT2D eigenvalue weighted by molar-refractivity contribution is -0.188.